The zero-order valence-corrected chi connectivity index (χ0v) is 7.34. The van der Waals surface area contributed by atoms with Gasteiger partial charge >= 0.3 is 4.83 Å². The highest BCUT2D eigenvalue weighted by Crippen LogP contribution is 2.19. The molecule has 0 heterocycles. The normalized spacial score (nSPS) is 9.82. The van der Waals surface area contributed by atoms with Crippen LogP contribution in [0.25, 0.3) is 0 Å². The maximum Gasteiger partial charge on any atom is 0.318 e. The van der Waals surface area contributed by atoms with Crippen LogP contribution in [0, 0.1) is 11.8 Å². The van der Waals surface area contributed by atoms with Gasteiger partial charge in [0.2, 0.25) is 0 Å². The van der Waals surface area contributed by atoms with Crippen molar-refractivity contribution in [3.63, 3.8) is 0 Å². The minimum absolute atomic E-state index is 0.702. The van der Waals surface area contributed by atoms with Crippen molar-refractivity contribution >= 4 is 21.8 Å². The summed E-state index contributed by atoms with van der Waals surface area (Å²) in [7, 11) is 0. The SMILES string of the molecule is CC#CC(=O)NCC(F)(F)Br. The predicted molar refractivity (Wildman–Crippen MR) is 40.3 cm³/mol. The van der Waals surface area contributed by atoms with Gasteiger partial charge < -0.3 is 5.32 Å². The van der Waals surface area contributed by atoms with Gasteiger partial charge in [0.1, 0.15) is 0 Å². The van der Waals surface area contributed by atoms with Crippen LogP contribution in [0.3, 0.4) is 0 Å². The average Bonchev–Trinajstić information content (AvgIpc) is 1.83. The third kappa shape index (κ3) is 7.26. The summed E-state index contributed by atoms with van der Waals surface area (Å²) < 4.78 is 24.0. The highest BCUT2D eigenvalue weighted by atomic mass is 79.9. The van der Waals surface area contributed by atoms with Crippen molar-refractivity contribution in [2.24, 2.45) is 0 Å². The van der Waals surface area contributed by atoms with E-state index in [0.29, 0.717) is 0 Å². The molecule has 1 N–H and O–H groups in total. The molecule has 0 saturated carbocycles. The highest BCUT2D eigenvalue weighted by molar-refractivity contribution is 9.10. The van der Waals surface area contributed by atoms with Crippen molar-refractivity contribution in [2.45, 2.75) is 11.8 Å². The molecule has 0 rings (SSSR count). The van der Waals surface area contributed by atoms with Gasteiger partial charge in [0.15, 0.2) is 0 Å². The van der Waals surface area contributed by atoms with E-state index in [-0.39, 0.29) is 0 Å². The summed E-state index contributed by atoms with van der Waals surface area (Å²) in [5, 5.41) is 1.91. The molecule has 0 saturated heterocycles. The van der Waals surface area contributed by atoms with Crippen LogP contribution >= 0.6 is 15.9 Å². The Kier molecular flexibility index (Phi) is 4.04. The fraction of sp³-hybridized carbons (Fsp3) is 0.500. The number of halogens is 3. The van der Waals surface area contributed by atoms with Crippen molar-refractivity contribution in [1.82, 2.24) is 5.32 Å². The van der Waals surface area contributed by atoms with E-state index in [1.807, 2.05) is 5.32 Å². The molecule has 0 aromatic rings. The first-order valence-electron chi connectivity index (χ1n) is 2.73. The molecule has 11 heavy (non-hydrogen) atoms. The molecule has 0 bridgehead atoms. The second-order valence-electron chi connectivity index (χ2n) is 1.67. The molecule has 2 nitrogen and oxygen atoms in total. The maximum absolute atomic E-state index is 12.0. The van der Waals surface area contributed by atoms with Gasteiger partial charge in [-0.2, -0.15) is 8.78 Å². The molecule has 62 valence electrons. The Bertz CT molecular complexity index is 201. The summed E-state index contributed by atoms with van der Waals surface area (Å²) in [5.74, 6) is 3.64. The van der Waals surface area contributed by atoms with Crippen LogP contribution in [0.2, 0.25) is 0 Å². The Labute approximate surface area is 71.5 Å². The number of alkyl halides is 3. The topological polar surface area (TPSA) is 29.1 Å². The molecule has 0 spiro atoms. The van der Waals surface area contributed by atoms with Crippen molar-refractivity contribution in [1.29, 1.82) is 0 Å². The summed E-state index contributed by atoms with van der Waals surface area (Å²) in [5.41, 5.74) is 0. The van der Waals surface area contributed by atoms with Gasteiger partial charge in [-0.1, -0.05) is 5.92 Å². The Morgan fingerprint density at radius 1 is 1.73 bits per heavy atom. The zero-order chi connectivity index (χ0) is 8.91. The Morgan fingerprint density at radius 3 is 2.64 bits per heavy atom. The number of amides is 1. The number of rotatable bonds is 2. The second kappa shape index (κ2) is 4.29. The highest BCUT2D eigenvalue weighted by Gasteiger charge is 2.23. The average molecular weight is 226 g/mol. The molecule has 5 heteroatoms. The number of hydrogen-bond donors (Lipinski definition) is 1. The van der Waals surface area contributed by atoms with Crippen LogP contribution in [0.15, 0.2) is 0 Å². The molecule has 0 aliphatic rings. The first kappa shape index (κ1) is 10.4. The summed E-state index contributed by atoms with van der Waals surface area (Å²) in [6.07, 6.45) is 0. The molecule has 0 atom stereocenters. The van der Waals surface area contributed by atoms with E-state index in [4.69, 9.17) is 0 Å². The van der Waals surface area contributed by atoms with E-state index in [2.05, 4.69) is 27.8 Å². The number of nitrogens with one attached hydrogen (secondary N) is 1. The summed E-state index contributed by atoms with van der Waals surface area (Å²) in [4.78, 5) is 7.39. The third-order valence-electron chi connectivity index (χ3n) is 0.688. The van der Waals surface area contributed by atoms with Gasteiger partial charge in [-0.15, -0.1) is 0 Å². The van der Waals surface area contributed by atoms with E-state index in [9.17, 15) is 13.6 Å². The predicted octanol–water partition coefficient (Wildman–Crippen LogP) is 1.11. The van der Waals surface area contributed by atoms with Crippen LogP contribution in [-0.4, -0.2) is 17.3 Å². The molecule has 0 aliphatic heterocycles. The van der Waals surface area contributed by atoms with Crippen LogP contribution in [0.5, 0.6) is 0 Å². The molecule has 0 aliphatic carbocycles. The van der Waals surface area contributed by atoms with Gasteiger partial charge in [0.05, 0.1) is 6.54 Å². The van der Waals surface area contributed by atoms with Crippen LogP contribution in [0.4, 0.5) is 8.78 Å². The van der Waals surface area contributed by atoms with Crippen molar-refractivity contribution in [3.05, 3.63) is 0 Å². The Hall–Kier alpha value is -0.630. The number of carbonyl (C=O) groups excluding carboxylic acids is 1. The minimum Gasteiger partial charge on any atom is -0.338 e. The summed E-state index contributed by atoms with van der Waals surface area (Å²) in [6, 6.07) is 0. The molecule has 0 radical (unpaired) electrons. The largest absolute Gasteiger partial charge is 0.338 e. The van der Waals surface area contributed by atoms with E-state index in [0.717, 1.165) is 0 Å². The quantitative estimate of drug-likeness (QED) is 0.554. The molecular formula is C6H6BrF2NO. The zero-order valence-electron chi connectivity index (χ0n) is 5.75. The second-order valence-corrected chi connectivity index (χ2v) is 2.83. The minimum atomic E-state index is -3.06. The van der Waals surface area contributed by atoms with Crippen LogP contribution in [-0.2, 0) is 4.79 Å². The molecule has 0 aromatic heterocycles. The van der Waals surface area contributed by atoms with Gasteiger partial charge in [0, 0.05) is 0 Å². The fourth-order valence-electron chi connectivity index (χ4n) is 0.338. The maximum atomic E-state index is 12.0. The van der Waals surface area contributed by atoms with E-state index < -0.39 is 17.3 Å². The molecule has 0 unspecified atom stereocenters. The van der Waals surface area contributed by atoms with E-state index in [1.165, 1.54) is 6.92 Å². The van der Waals surface area contributed by atoms with E-state index >= 15 is 0 Å². The molecule has 0 aromatic carbocycles. The Balaban J connectivity index is 3.69. The van der Waals surface area contributed by atoms with Crippen LogP contribution in [0.1, 0.15) is 6.92 Å². The van der Waals surface area contributed by atoms with Crippen molar-refractivity contribution < 1.29 is 13.6 Å². The lowest BCUT2D eigenvalue weighted by atomic mass is 10.5. The van der Waals surface area contributed by atoms with Gasteiger partial charge in [-0.25, -0.2) is 0 Å². The van der Waals surface area contributed by atoms with Crippen molar-refractivity contribution in [2.75, 3.05) is 6.54 Å². The number of hydrogen-bond acceptors (Lipinski definition) is 1. The first-order valence-corrected chi connectivity index (χ1v) is 3.52. The molecular weight excluding hydrogens is 220 g/mol. The van der Waals surface area contributed by atoms with Crippen molar-refractivity contribution in [3.8, 4) is 11.8 Å². The Morgan fingerprint density at radius 2 is 2.27 bits per heavy atom. The van der Waals surface area contributed by atoms with Crippen LogP contribution < -0.4 is 5.32 Å². The molecule has 0 fully saturated rings. The summed E-state index contributed by atoms with van der Waals surface area (Å²) >= 11 is 2.06. The van der Waals surface area contributed by atoms with Gasteiger partial charge in [-0.05, 0) is 28.8 Å². The third-order valence-corrected chi connectivity index (χ3v) is 0.968. The lowest BCUT2D eigenvalue weighted by Crippen LogP contribution is -2.31. The molecule has 1 amide bonds. The lowest BCUT2D eigenvalue weighted by Gasteiger charge is -2.06. The first-order chi connectivity index (χ1) is 4.95. The summed E-state index contributed by atoms with van der Waals surface area (Å²) in [6.45, 7) is 0.701. The fourth-order valence-corrected chi connectivity index (χ4v) is 0.478. The standard InChI is InChI=1S/C6H6BrF2NO/c1-2-3-5(11)10-4-6(7,8)9/h4H2,1H3,(H,10,11). The number of carbonyl (C=O) groups is 1. The monoisotopic (exact) mass is 225 g/mol. The van der Waals surface area contributed by atoms with Gasteiger partial charge in [0.25, 0.3) is 5.91 Å². The smallest absolute Gasteiger partial charge is 0.318 e. The lowest BCUT2D eigenvalue weighted by molar-refractivity contribution is -0.116. The van der Waals surface area contributed by atoms with Gasteiger partial charge in [-0.3, -0.25) is 4.79 Å². The van der Waals surface area contributed by atoms with E-state index in [1.54, 1.807) is 0 Å².